The molecule has 2 aliphatic rings. The number of amides is 3. The van der Waals surface area contributed by atoms with E-state index in [4.69, 9.17) is 4.74 Å². The summed E-state index contributed by atoms with van der Waals surface area (Å²) in [5.41, 5.74) is -2.86. The van der Waals surface area contributed by atoms with Crippen molar-refractivity contribution in [1.29, 1.82) is 0 Å². The van der Waals surface area contributed by atoms with Gasteiger partial charge in [-0.3, -0.25) is 19.2 Å². The van der Waals surface area contributed by atoms with Crippen LogP contribution in [0, 0.1) is 0 Å². The first-order valence-electron chi connectivity index (χ1n) is 13.9. The highest BCUT2D eigenvalue weighted by Gasteiger charge is 2.42. The van der Waals surface area contributed by atoms with Gasteiger partial charge in [0, 0.05) is 24.5 Å². The van der Waals surface area contributed by atoms with Crippen LogP contribution in [0.25, 0.3) is 17.0 Å². The van der Waals surface area contributed by atoms with Crippen molar-refractivity contribution in [3.05, 3.63) is 69.8 Å². The minimum atomic E-state index is -5.01. The van der Waals surface area contributed by atoms with E-state index in [2.05, 4.69) is 5.10 Å². The molecule has 0 aliphatic carbocycles. The topological polar surface area (TPSA) is 84.7 Å². The molecular weight excluding hydrogens is 626 g/mol. The number of likely N-dealkylation sites (tertiary alicyclic amines) is 1. The third-order valence-corrected chi connectivity index (χ3v) is 8.21. The molecule has 2 aliphatic heterocycles. The second-order valence-electron chi connectivity index (χ2n) is 11.7. The highest BCUT2D eigenvalue weighted by atomic mass is 32.2. The van der Waals surface area contributed by atoms with Crippen molar-refractivity contribution in [2.75, 3.05) is 13.1 Å². The van der Waals surface area contributed by atoms with E-state index in [1.165, 1.54) is 21.9 Å². The molecule has 2 aromatic carbocycles. The Balaban J connectivity index is 1.30. The van der Waals surface area contributed by atoms with Gasteiger partial charge in [-0.1, -0.05) is 12.1 Å². The van der Waals surface area contributed by atoms with E-state index in [9.17, 15) is 40.7 Å². The van der Waals surface area contributed by atoms with Crippen molar-refractivity contribution in [3.63, 3.8) is 0 Å². The maximum Gasteiger partial charge on any atom is 0.416 e. The molecule has 0 spiro atoms. The number of imide groups is 1. The lowest BCUT2D eigenvalue weighted by atomic mass is 10.0. The minimum absolute atomic E-state index is 0.0938. The van der Waals surface area contributed by atoms with E-state index in [0.29, 0.717) is 48.5 Å². The Morgan fingerprint density at radius 2 is 1.69 bits per heavy atom. The van der Waals surface area contributed by atoms with Crippen LogP contribution >= 0.6 is 11.8 Å². The number of aromatic nitrogens is 2. The quantitative estimate of drug-likeness (QED) is 0.213. The number of carbonyl (C=O) groups is 3. The summed E-state index contributed by atoms with van der Waals surface area (Å²) < 4.78 is 86.7. The second kappa shape index (κ2) is 11.7. The van der Waals surface area contributed by atoms with Crippen LogP contribution in [-0.2, 0) is 28.4 Å². The van der Waals surface area contributed by atoms with Crippen molar-refractivity contribution < 1.29 is 45.5 Å². The number of hydrogen-bond donors (Lipinski definition) is 0. The van der Waals surface area contributed by atoms with Gasteiger partial charge in [0.2, 0.25) is 0 Å². The number of nitrogens with zero attached hydrogens (tertiary/aromatic N) is 4. The molecule has 3 heterocycles. The molecule has 0 bridgehead atoms. The number of thioether (sulfide) groups is 1. The molecule has 0 saturated carbocycles. The predicted octanol–water partition coefficient (Wildman–Crippen LogP) is 7.56. The molecule has 1 aromatic heterocycles. The van der Waals surface area contributed by atoms with Crippen molar-refractivity contribution in [3.8, 4) is 0 Å². The van der Waals surface area contributed by atoms with Crippen LogP contribution < -0.4 is 0 Å². The van der Waals surface area contributed by atoms with Crippen LogP contribution in [0.5, 0.6) is 0 Å². The van der Waals surface area contributed by atoms with E-state index in [0.717, 1.165) is 17.8 Å². The highest BCUT2D eigenvalue weighted by Crippen LogP contribution is 2.39. The number of alkyl halides is 6. The number of benzene rings is 2. The number of carbonyl (C=O) groups excluding carboxylic acids is 3. The van der Waals surface area contributed by atoms with E-state index in [-0.39, 0.29) is 22.6 Å². The van der Waals surface area contributed by atoms with Gasteiger partial charge in [0.05, 0.1) is 34.3 Å². The lowest BCUT2D eigenvalue weighted by Crippen LogP contribution is -2.49. The molecule has 3 aromatic rings. The third kappa shape index (κ3) is 7.13. The number of piperidine rings is 1. The maximum atomic E-state index is 13.6. The molecule has 0 N–H and O–H groups in total. The number of hydrogen-bond acceptors (Lipinski definition) is 6. The first-order chi connectivity index (χ1) is 20.9. The van der Waals surface area contributed by atoms with Crippen LogP contribution in [0.4, 0.5) is 35.9 Å². The lowest BCUT2D eigenvalue weighted by molar-refractivity contribution is -0.143. The molecule has 3 amide bonds. The minimum Gasteiger partial charge on any atom is -0.444 e. The van der Waals surface area contributed by atoms with Crippen LogP contribution in [0.3, 0.4) is 0 Å². The van der Waals surface area contributed by atoms with Crippen LogP contribution in [0.15, 0.2) is 47.5 Å². The smallest absolute Gasteiger partial charge is 0.416 e. The Morgan fingerprint density at radius 3 is 2.31 bits per heavy atom. The zero-order chi connectivity index (χ0) is 32.9. The van der Waals surface area contributed by atoms with Gasteiger partial charge in [-0.25, -0.2) is 4.79 Å². The average molecular weight is 655 g/mol. The summed E-state index contributed by atoms with van der Waals surface area (Å²) in [6, 6.07) is 5.93. The van der Waals surface area contributed by atoms with E-state index in [1.54, 1.807) is 43.9 Å². The van der Waals surface area contributed by atoms with Gasteiger partial charge in [-0.2, -0.15) is 31.4 Å². The third-order valence-electron chi connectivity index (χ3n) is 7.33. The first kappa shape index (κ1) is 32.4. The SMILES string of the molecule is CC(C)(C)OC(=O)N1CCC(N2C(=O)SC(=Cc3ccc4c(cnn4Cc4ccc(C(F)(F)F)cc4C(F)(F)F)c3)C2=O)CC1. The summed E-state index contributed by atoms with van der Waals surface area (Å²) in [4.78, 5) is 41.4. The number of ether oxygens (including phenoxy) is 1. The first-order valence-corrected chi connectivity index (χ1v) is 14.7. The Morgan fingerprint density at radius 1 is 1.00 bits per heavy atom. The summed E-state index contributed by atoms with van der Waals surface area (Å²) in [6.45, 7) is 5.54. The van der Waals surface area contributed by atoms with Gasteiger partial charge in [-0.15, -0.1) is 0 Å². The Hall–Kier alpha value is -4.01. The molecule has 15 heteroatoms. The largest absolute Gasteiger partial charge is 0.444 e. The maximum absolute atomic E-state index is 13.6. The number of halogens is 6. The second-order valence-corrected chi connectivity index (χ2v) is 12.7. The summed E-state index contributed by atoms with van der Waals surface area (Å²) >= 11 is 0.790. The molecule has 8 nitrogen and oxygen atoms in total. The normalized spacial score (nSPS) is 18.0. The fraction of sp³-hybridized carbons (Fsp3) is 0.400. The van der Waals surface area contributed by atoms with Crippen LogP contribution in [-0.4, -0.2) is 61.6 Å². The monoisotopic (exact) mass is 654 g/mol. The fourth-order valence-electron chi connectivity index (χ4n) is 5.22. The van der Waals surface area contributed by atoms with E-state index < -0.39 is 52.9 Å². The van der Waals surface area contributed by atoms with Gasteiger partial charge < -0.3 is 9.64 Å². The average Bonchev–Trinajstić information content (AvgIpc) is 3.45. The summed E-state index contributed by atoms with van der Waals surface area (Å²) in [5, 5.41) is 4.22. The standard InChI is InChI=1S/C30H28F6N4O4S/c1-28(2,3)44-26(42)38-10-8-21(9-11-38)40-25(41)24(45-27(40)43)13-17-4-7-23-19(12-17)15-37-39(23)16-18-5-6-20(29(31,32)33)14-22(18)30(34,35)36/h4-7,12-15,21H,8-11,16H2,1-3H3. The zero-order valence-corrected chi connectivity index (χ0v) is 25.1. The zero-order valence-electron chi connectivity index (χ0n) is 24.3. The van der Waals surface area contributed by atoms with Crippen molar-refractivity contribution in [2.24, 2.45) is 0 Å². The van der Waals surface area contributed by atoms with Crippen LogP contribution in [0.2, 0.25) is 0 Å². The van der Waals surface area contributed by atoms with Crippen LogP contribution in [0.1, 0.15) is 55.9 Å². The van der Waals surface area contributed by atoms with Crippen molar-refractivity contribution in [2.45, 2.75) is 64.2 Å². The van der Waals surface area contributed by atoms with Gasteiger partial charge in [0.25, 0.3) is 11.1 Å². The highest BCUT2D eigenvalue weighted by molar-refractivity contribution is 8.18. The molecule has 240 valence electrons. The van der Waals surface area contributed by atoms with Crippen molar-refractivity contribution in [1.82, 2.24) is 19.6 Å². The van der Waals surface area contributed by atoms with Crippen molar-refractivity contribution >= 4 is 46.0 Å². The summed E-state index contributed by atoms with van der Waals surface area (Å²) in [6.07, 6.45) is -6.64. The fourth-order valence-corrected chi connectivity index (χ4v) is 6.12. The van der Waals surface area contributed by atoms with Gasteiger partial charge in [0.1, 0.15) is 5.60 Å². The van der Waals surface area contributed by atoms with E-state index in [1.807, 2.05) is 0 Å². The molecular formula is C30H28F6N4O4S. The van der Waals surface area contributed by atoms with Gasteiger partial charge in [-0.05, 0) is 86.8 Å². The van der Waals surface area contributed by atoms with Gasteiger partial charge >= 0.3 is 18.4 Å². The summed E-state index contributed by atoms with van der Waals surface area (Å²) in [7, 11) is 0. The Bertz CT molecular complexity index is 1680. The summed E-state index contributed by atoms with van der Waals surface area (Å²) in [5.74, 6) is -0.460. The molecule has 5 rings (SSSR count). The number of rotatable bonds is 4. The molecule has 0 radical (unpaired) electrons. The Labute approximate surface area is 258 Å². The lowest BCUT2D eigenvalue weighted by Gasteiger charge is -2.36. The Kier molecular flexibility index (Phi) is 8.44. The van der Waals surface area contributed by atoms with Gasteiger partial charge in [0.15, 0.2) is 0 Å². The molecule has 2 saturated heterocycles. The predicted molar refractivity (Wildman–Crippen MR) is 154 cm³/mol. The number of fused-ring (bicyclic) bond motifs is 1. The van der Waals surface area contributed by atoms with E-state index >= 15 is 0 Å². The molecule has 0 unspecified atom stereocenters. The molecule has 2 fully saturated rings. The molecule has 0 atom stereocenters. The molecule has 45 heavy (non-hydrogen) atoms.